The van der Waals surface area contributed by atoms with E-state index in [1.807, 2.05) is 0 Å². The molecule has 5 nitrogen and oxygen atoms in total. The van der Waals surface area contributed by atoms with E-state index in [9.17, 15) is 5.11 Å². The van der Waals surface area contributed by atoms with E-state index in [-0.39, 0.29) is 6.61 Å². The Hall–Kier alpha value is -1.76. The molecule has 1 aliphatic rings. The molecule has 2 heterocycles. The van der Waals surface area contributed by atoms with Crippen LogP contribution in [0.3, 0.4) is 0 Å². The lowest BCUT2D eigenvalue weighted by Gasteiger charge is -2.39. The van der Waals surface area contributed by atoms with Gasteiger partial charge in [0.15, 0.2) is 0 Å². The van der Waals surface area contributed by atoms with Crippen molar-refractivity contribution in [3.05, 3.63) is 30.6 Å². The Morgan fingerprint density at radius 2 is 1.81 bits per heavy atom. The number of nitrogens with zero attached hydrogens (tertiary/aromatic N) is 4. The summed E-state index contributed by atoms with van der Waals surface area (Å²) < 4.78 is 1.24. The number of anilines is 1. The first-order valence-electron chi connectivity index (χ1n) is 9.35. The number of rotatable bonds is 5. The monoisotopic (exact) mass is 370 g/mol. The van der Waals surface area contributed by atoms with Crippen LogP contribution < -0.4 is 4.90 Å². The van der Waals surface area contributed by atoms with Crippen LogP contribution in [0.2, 0.25) is 0 Å². The molecule has 26 heavy (non-hydrogen) atoms. The van der Waals surface area contributed by atoms with Gasteiger partial charge in [0, 0.05) is 28.7 Å². The molecule has 3 aromatic rings. The highest BCUT2D eigenvalue weighted by atomic mass is 32.1. The molecule has 6 heteroatoms. The third-order valence-electron chi connectivity index (χ3n) is 5.61. The summed E-state index contributed by atoms with van der Waals surface area (Å²) in [4.78, 5) is 14.9. The second-order valence-electron chi connectivity index (χ2n) is 7.32. The summed E-state index contributed by atoms with van der Waals surface area (Å²) in [5, 5.41) is 12.1. The van der Waals surface area contributed by atoms with Crippen LogP contribution in [-0.4, -0.2) is 59.3 Å². The van der Waals surface area contributed by atoms with Gasteiger partial charge >= 0.3 is 0 Å². The minimum atomic E-state index is 0.140. The van der Waals surface area contributed by atoms with E-state index in [1.165, 1.54) is 22.9 Å². The lowest BCUT2D eigenvalue weighted by molar-refractivity contribution is 0.209. The number of aromatic nitrogens is 2. The fraction of sp³-hybridized carbons (Fsp3) is 0.500. The smallest absolute Gasteiger partial charge is 0.141 e. The van der Waals surface area contributed by atoms with Crippen LogP contribution in [-0.2, 0) is 0 Å². The Morgan fingerprint density at radius 1 is 1.08 bits per heavy atom. The number of benzene rings is 1. The molecule has 4 rings (SSSR count). The molecule has 0 bridgehead atoms. The average molecular weight is 371 g/mol. The zero-order valence-electron chi connectivity index (χ0n) is 15.4. The molecular weight excluding hydrogens is 344 g/mol. The minimum Gasteiger partial charge on any atom is -0.395 e. The predicted molar refractivity (Wildman–Crippen MR) is 109 cm³/mol. The van der Waals surface area contributed by atoms with Crippen molar-refractivity contribution in [2.45, 2.75) is 37.8 Å². The summed E-state index contributed by atoms with van der Waals surface area (Å²) in [6, 6.07) is 9.53. The molecular formula is C20H26N4OS. The molecule has 138 valence electrons. The van der Waals surface area contributed by atoms with Crippen molar-refractivity contribution in [3.8, 4) is 0 Å². The molecule has 0 unspecified atom stereocenters. The number of aliphatic hydroxyl groups excluding tert-OH is 1. The van der Waals surface area contributed by atoms with Crippen molar-refractivity contribution in [2.75, 3.05) is 32.1 Å². The van der Waals surface area contributed by atoms with E-state index < -0.39 is 0 Å². The Bertz CT molecular complexity index is 886. The third-order valence-corrected chi connectivity index (χ3v) is 6.68. The Morgan fingerprint density at radius 3 is 2.54 bits per heavy atom. The average Bonchev–Trinajstić information content (AvgIpc) is 3.05. The van der Waals surface area contributed by atoms with Crippen molar-refractivity contribution in [3.63, 3.8) is 0 Å². The van der Waals surface area contributed by atoms with Gasteiger partial charge in [0.1, 0.15) is 17.0 Å². The maximum Gasteiger partial charge on any atom is 0.141 e. The highest BCUT2D eigenvalue weighted by Crippen LogP contribution is 2.39. The molecule has 0 saturated heterocycles. The van der Waals surface area contributed by atoms with Gasteiger partial charge < -0.3 is 14.9 Å². The number of aliphatic hydroxyl groups is 1. The van der Waals surface area contributed by atoms with Crippen molar-refractivity contribution >= 4 is 37.5 Å². The largest absolute Gasteiger partial charge is 0.395 e. The molecule has 2 aromatic heterocycles. The molecule has 0 amide bonds. The molecule has 1 saturated carbocycles. The maximum absolute atomic E-state index is 9.71. The summed E-state index contributed by atoms with van der Waals surface area (Å²) in [5.41, 5.74) is 0. The van der Waals surface area contributed by atoms with Crippen molar-refractivity contribution in [1.82, 2.24) is 14.9 Å². The minimum absolute atomic E-state index is 0.140. The summed E-state index contributed by atoms with van der Waals surface area (Å²) in [7, 11) is 4.34. The topological polar surface area (TPSA) is 52.5 Å². The molecule has 1 N–H and O–H groups in total. The van der Waals surface area contributed by atoms with Gasteiger partial charge in [-0.15, -0.1) is 11.3 Å². The van der Waals surface area contributed by atoms with E-state index >= 15 is 0 Å². The van der Waals surface area contributed by atoms with Crippen molar-refractivity contribution in [1.29, 1.82) is 0 Å². The zero-order chi connectivity index (χ0) is 18.1. The fourth-order valence-electron chi connectivity index (χ4n) is 4.21. The normalized spacial score (nSPS) is 20.9. The second-order valence-corrected chi connectivity index (χ2v) is 8.35. The standard InChI is InChI=1S/C20H26N4OS/c1-23(2)14-7-9-15(10-8-14)24(11-12-25)19-18-16-5-3-4-6-17(16)26-20(18)22-13-21-19/h3-6,13-15,25H,7-12H2,1-2H3/t14-,15-. The van der Waals surface area contributed by atoms with Crippen molar-refractivity contribution in [2.24, 2.45) is 0 Å². The quantitative estimate of drug-likeness (QED) is 0.745. The maximum atomic E-state index is 9.71. The number of hydrogen-bond donors (Lipinski definition) is 1. The van der Waals surface area contributed by atoms with Gasteiger partial charge in [-0.25, -0.2) is 9.97 Å². The van der Waals surface area contributed by atoms with Gasteiger partial charge in [-0.05, 0) is 45.8 Å². The van der Waals surface area contributed by atoms with Crippen LogP contribution in [0, 0.1) is 0 Å². The zero-order valence-corrected chi connectivity index (χ0v) is 16.2. The summed E-state index contributed by atoms with van der Waals surface area (Å²) >= 11 is 1.72. The van der Waals surface area contributed by atoms with E-state index in [1.54, 1.807) is 17.7 Å². The van der Waals surface area contributed by atoms with Crippen LogP contribution in [0.25, 0.3) is 20.3 Å². The fourth-order valence-corrected chi connectivity index (χ4v) is 5.25. The van der Waals surface area contributed by atoms with Gasteiger partial charge in [0.05, 0.1) is 12.0 Å². The molecule has 0 aliphatic heterocycles. The lowest BCUT2D eigenvalue weighted by Crippen LogP contribution is -2.43. The van der Waals surface area contributed by atoms with E-state index in [2.05, 4.69) is 58.1 Å². The SMILES string of the molecule is CN(C)[C@H]1CC[C@H](N(CCO)c2ncnc3sc4ccccc4c23)CC1. The van der Waals surface area contributed by atoms with Crippen LogP contribution in [0.1, 0.15) is 25.7 Å². The highest BCUT2D eigenvalue weighted by Gasteiger charge is 2.29. The summed E-state index contributed by atoms with van der Waals surface area (Å²) in [6.45, 7) is 0.759. The second kappa shape index (κ2) is 7.47. The predicted octanol–water partition coefficient (Wildman–Crippen LogP) is 3.52. The first kappa shape index (κ1) is 17.6. The summed E-state index contributed by atoms with van der Waals surface area (Å²) in [5.74, 6) is 0.981. The van der Waals surface area contributed by atoms with Crippen molar-refractivity contribution < 1.29 is 5.11 Å². The first-order chi connectivity index (χ1) is 12.7. The molecule has 1 aromatic carbocycles. The Kier molecular flexibility index (Phi) is 5.07. The summed E-state index contributed by atoms with van der Waals surface area (Å²) in [6.07, 6.45) is 6.33. The number of fused-ring (bicyclic) bond motifs is 3. The third kappa shape index (κ3) is 3.17. The van der Waals surface area contributed by atoms with Gasteiger partial charge in [0.2, 0.25) is 0 Å². The molecule has 0 radical (unpaired) electrons. The Balaban J connectivity index is 1.73. The Labute approximate surface area is 158 Å². The number of hydrogen-bond acceptors (Lipinski definition) is 6. The molecule has 1 fully saturated rings. The molecule has 0 atom stereocenters. The van der Waals surface area contributed by atoms with Gasteiger partial charge in [0.25, 0.3) is 0 Å². The number of thiophene rings is 1. The van der Waals surface area contributed by atoms with Crippen LogP contribution in [0.4, 0.5) is 5.82 Å². The lowest BCUT2D eigenvalue weighted by atomic mass is 9.89. The van der Waals surface area contributed by atoms with Gasteiger partial charge in [-0.3, -0.25) is 0 Å². The molecule has 0 spiro atoms. The van der Waals surface area contributed by atoms with Crippen LogP contribution in [0.5, 0.6) is 0 Å². The molecule has 1 aliphatic carbocycles. The van der Waals surface area contributed by atoms with E-state index in [4.69, 9.17) is 0 Å². The first-order valence-corrected chi connectivity index (χ1v) is 10.2. The van der Waals surface area contributed by atoms with Crippen LogP contribution >= 0.6 is 11.3 Å². The highest BCUT2D eigenvalue weighted by molar-refractivity contribution is 7.25. The van der Waals surface area contributed by atoms with Crippen LogP contribution in [0.15, 0.2) is 30.6 Å². The van der Waals surface area contributed by atoms with Gasteiger partial charge in [-0.2, -0.15) is 0 Å². The van der Waals surface area contributed by atoms with Gasteiger partial charge in [-0.1, -0.05) is 18.2 Å². The van der Waals surface area contributed by atoms with E-state index in [0.717, 1.165) is 28.9 Å². The van der Waals surface area contributed by atoms with E-state index in [0.29, 0.717) is 18.6 Å².